The summed E-state index contributed by atoms with van der Waals surface area (Å²) in [7, 11) is 1.55. The van der Waals surface area contributed by atoms with Crippen LogP contribution in [0.1, 0.15) is 62.6 Å². The first kappa shape index (κ1) is 27.2. The summed E-state index contributed by atoms with van der Waals surface area (Å²) in [4.78, 5) is 28.4. The first-order valence-corrected chi connectivity index (χ1v) is 13.1. The number of hydrogen-bond donors (Lipinski definition) is 1. The van der Waals surface area contributed by atoms with Gasteiger partial charge in [-0.3, -0.25) is 9.59 Å². The summed E-state index contributed by atoms with van der Waals surface area (Å²) in [5, 5.41) is 3.73. The van der Waals surface area contributed by atoms with Gasteiger partial charge in [-0.05, 0) is 49.1 Å². The van der Waals surface area contributed by atoms with E-state index in [0.717, 1.165) is 31.2 Å². The van der Waals surface area contributed by atoms with Crippen LogP contribution < -0.4 is 14.8 Å². The van der Waals surface area contributed by atoms with Gasteiger partial charge in [0.1, 0.15) is 11.9 Å². The standard InChI is InChI=1S/C27H34Cl2N2O4/c1-3-35-23-15-14-19(16-24(23)34-2)26(27(33)30-21-11-6-4-5-7-12-21)31(25(32)17-28)18-20-10-8-9-13-22(20)29/h8-10,13-16,21,26H,3-7,11-12,17-18H2,1-2H3,(H,30,33)/t26-/m0/s1. The first-order chi connectivity index (χ1) is 17.0. The van der Waals surface area contributed by atoms with Crippen LogP contribution >= 0.6 is 23.2 Å². The molecule has 1 fully saturated rings. The Hall–Kier alpha value is -2.44. The molecule has 0 aromatic heterocycles. The van der Waals surface area contributed by atoms with Crippen LogP contribution in [0.3, 0.4) is 0 Å². The zero-order chi connectivity index (χ0) is 25.2. The Labute approximate surface area is 217 Å². The van der Waals surface area contributed by atoms with E-state index in [9.17, 15) is 9.59 Å². The molecule has 1 N–H and O–H groups in total. The van der Waals surface area contributed by atoms with E-state index in [1.54, 1.807) is 31.4 Å². The lowest BCUT2D eigenvalue weighted by Gasteiger charge is -2.33. The molecule has 35 heavy (non-hydrogen) atoms. The Morgan fingerprint density at radius 1 is 1.09 bits per heavy atom. The van der Waals surface area contributed by atoms with E-state index in [4.69, 9.17) is 32.7 Å². The van der Waals surface area contributed by atoms with Gasteiger partial charge in [-0.15, -0.1) is 11.6 Å². The molecule has 0 saturated heterocycles. The van der Waals surface area contributed by atoms with Crippen molar-refractivity contribution >= 4 is 35.0 Å². The smallest absolute Gasteiger partial charge is 0.247 e. The van der Waals surface area contributed by atoms with Gasteiger partial charge in [0.2, 0.25) is 11.8 Å². The number of carbonyl (C=O) groups excluding carboxylic acids is 2. The third-order valence-electron chi connectivity index (χ3n) is 6.30. The van der Waals surface area contributed by atoms with E-state index < -0.39 is 6.04 Å². The summed E-state index contributed by atoms with van der Waals surface area (Å²) in [6.07, 6.45) is 6.37. The van der Waals surface area contributed by atoms with Crippen LogP contribution in [0.5, 0.6) is 11.5 Å². The molecule has 0 radical (unpaired) electrons. The van der Waals surface area contributed by atoms with Crippen LogP contribution in [-0.2, 0) is 16.1 Å². The maximum atomic E-state index is 13.8. The van der Waals surface area contributed by atoms with E-state index in [0.29, 0.717) is 28.7 Å². The SMILES string of the molecule is CCOc1ccc([C@@H](C(=O)NC2CCCCCC2)N(Cc2ccccc2Cl)C(=O)CCl)cc1OC. The van der Waals surface area contributed by atoms with Crippen LogP contribution in [0.4, 0.5) is 0 Å². The summed E-state index contributed by atoms with van der Waals surface area (Å²) >= 11 is 12.4. The Kier molecular flexibility index (Phi) is 10.5. The second kappa shape index (κ2) is 13.6. The monoisotopic (exact) mass is 520 g/mol. The minimum atomic E-state index is -0.912. The average Bonchev–Trinajstić information content (AvgIpc) is 3.13. The predicted octanol–water partition coefficient (Wildman–Crippen LogP) is 5.90. The lowest BCUT2D eigenvalue weighted by atomic mass is 10.0. The van der Waals surface area contributed by atoms with E-state index in [1.165, 1.54) is 17.7 Å². The van der Waals surface area contributed by atoms with E-state index in [2.05, 4.69) is 5.32 Å². The van der Waals surface area contributed by atoms with Gasteiger partial charge >= 0.3 is 0 Å². The summed E-state index contributed by atoms with van der Waals surface area (Å²) in [5.41, 5.74) is 1.35. The number of methoxy groups -OCH3 is 1. The molecule has 2 aromatic carbocycles. The van der Waals surface area contributed by atoms with Crippen molar-refractivity contribution in [3.05, 3.63) is 58.6 Å². The van der Waals surface area contributed by atoms with Crippen molar-refractivity contribution in [2.45, 2.75) is 64.1 Å². The fraction of sp³-hybridized carbons (Fsp3) is 0.481. The summed E-state index contributed by atoms with van der Waals surface area (Å²) in [6, 6.07) is 11.8. The summed E-state index contributed by atoms with van der Waals surface area (Å²) < 4.78 is 11.2. The molecule has 1 aliphatic carbocycles. The zero-order valence-corrected chi connectivity index (χ0v) is 21.9. The molecule has 3 rings (SSSR count). The van der Waals surface area contributed by atoms with E-state index >= 15 is 0 Å². The van der Waals surface area contributed by atoms with Gasteiger partial charge in [0.05, 0.1) is 13.7 Å². The number of halogens is 2. The molecule has 1 atom stereocenters. The fourth-order valence-corrected chi connectivity index (χ4v) is 4.87. The molecule has 2 amide bonds. The molecule has 0 unspecified atom stereocenters. The van der Waals surface area contributed by atoms with E-state index in [1.807, 2.05) is 25.1 Å². The largest absolute Gasteiger partial charge is 0.493 e. The first-order valence-electron chi connectivity index (χ1n) is 12.2. The van der Waals surface area contributed by atoms with Crippen molar-refractivity contribution in [1.82, 2.24) is 10.2 Å². The quantitative estimate of drug-likeness (QED) is 0.313. The second-order valence-electron chi connectivity index (χ2n) is 8.69. The second-order valence-corrected chi connectivity index (χ2v) is 9.36. The number of benzene rings is 2. The molecule has 190 valence electrons. The zero-order valence-electron chi connectivity index (χ0n) is 20.4. The van der Waals surface area contributed by atoms with Gasteiger partial charge in [0, 0.05) is 17.6 Å². The van der Waals surface area contributed by atoms with Crippen LogP contribution in [0.25, 0.3) is 0 Å². The number of nitrogens with zero attached hydrogens (tertiary/aromatic N) is 1. The van der Waals surface area contributed by atoms with Crippen molar-refractivity contribution in [3.8, 4) is 11.5 Å². The average molecular weight is 521 g/mol. The van der Waals surface area contributed by atoms with Crippen molar-refractivity contribution in [2.24, 2.45) is 0 Å². The number of amides is 2. The molecular weight excluding hydrogens is 487 g/mol. The number of alkyl halides is 1. The molecule has 6 nitrogen and oxygen atoms in total. The third kappa shape index (κ3) is 7.28. The minimum Gasteiger partial charge on any atom is -0.493 e. The number of ether oxygens (including phenoxy) is 2. The molecule has 8 heteroatoms. The molecule has 0 bridgehead atoms. The van der Waals surface area contributed by atoms with Crippen molar-refractivity contribution < 1.29 is 19.1 Å². The minimum absolute atomic E-state index is 0.0744. The molecule has 0 spiro atoms. The molecule has 0 heterocycles. The van der Waals surface area contributed by atoms with Gasteiger partial charge < -0.3 is 19.7 Å². The van der Waals surface area contributed by atoms with Gasteiger partial charge in [-0.2, -0.15) is 0 Å². The normalized spacial score (nSPS) is 15.1. The summed E-state index contributed by atoms with van der Waals surface area (Å²) in [5.74, 6) is 0.205. The van der Waals surface area contributed by atoms with Gasteiger partial charge in [0.15, 0.2) is 11.5 Å². The van der Waals surface area contributed by atoms with Crippen LogP contribution in [0.15, 0.2) is 42.5 Å². The maximum Gasteiger partial charge on any atom is 0.247 e. The molecule has 1 saturated carbocycles. The topological polar surface area (TPSA) is 67.9 Å². The number of rotatable bonds is 10. The molecule has 1 aliphatic rings. The highest BCUT2D eigenvalue weighted by Gasteiger charge is 2.33. The van der Waals surface area contributed by atoms with Crippen molar-refractivity contribution in [3.63, 3.8) is 0 Å². The van der Waals surface area contributed by atoms with Crippen LogP contribution in [0, 0.1) is 0 Å². The van der Waals surface area contributed by atoms with Gasteiger partial charge in [-0.25, -0.2) is 0 Å². The van der Waals surface area contributed by atoms with Gasteiger partial charge in [0.25, 0.3) is 0 Å². The molecular formula is C27H34Cl2N2O4. The fourth-order valence-electron chi connectivity index (χ4n) is 4.52. The molecule has 2 aromatic rings. The van der Waals surface area contributed by atoms with Crippen molar-refractivity contribution in [1.29, 1.82) is 0 Å². The Morgan fingerprint density at radius 2 is 1.80 bits per heavy atom. The third-order valence-corrected chi connectivity index (χ3v) is 6.90. The highest BCUT2D eigenvalue weighted by molar-refractivity contribution is 6.31. The Bertz CT molecular complexity index is 993. The number of hydrogen-bond acceptors (Lipinski definition) is 4. The van der Waals surface area contributed by atoms with Crippen molar-refractivity contribution in [2.75, 3.05) is 19.6 Å². The Morgan fingerprint density at radius 3 is 2.43 bits per heavy atom. The maximum absolute atomic E-state index is 13.8. The van der Waals surface area contributed by atoms with Gasteiger partial charge in [-0.1, -0.05) is 61.5 Å². The highest BCUT2D eigenvalue weighted by atomic mass is 35.5. The molecule has 0 aliphatic heterocycles. The van der Waals surface area contributed by atoms with Crippen LogP contribution in [-0.4, -0.2) is 42.4 Å². The number of nitrogens with one attached hydrogen (secondary N) is 1. The van der Waals surface area contributed by atoms with Crippen LogP contribution in [0.2, 0.25) is 5.02 Å². The number of carbonyl (C=O) groups is 2. The highest BCUT2D eigenvalue weighted by Crippen LogP contribution is 2.34. The lowest BCUT2D eigenvalue weighted by Crippen LogP contribution is -2.46. The lowest BCUT2D eigenvalue weighted by molar-refractivity contribution is -0.140. The Balaban J connectivity index is 2.02. The predicted molar refractivity (Wildman–Crippen MR) is 139 cm³/mol. The summed E-state index contributed by atoms with van der Waals surface area (Å²) in [6.45, 7) is 2.51. The van der Waals surface area contributed by atoms with E-state index in [-0.39, 0.29) is 30.3 Å².